The zero-order chi connectivity index (χ0) is 9.14. The average Bonchev–Trinajstić information content (AvgIpc) is 2.08. The van der Waals surface area contributed by atoms with E-state index >= 15 is 0 Å². The maximum absolute atomic E-state index is 5.88. The van der Waals surface area contributed by atoms with Crippen molar-refractivity contribution in [3.8, 4) is 0 Å². The van der Waals surface area contributed by atoms with Crippen LogP contribution in [-0.2, 0) is 0 Å². The normalized spacial score (nSPS) is 12.9. The van der Waals surface area contributed by atoms with Crippen molar-refractivity contribution in [2.45, 2.75) is 6.04 Å². The molecule has 12 heavy (non-hydrogen) atoms. The predicted octanol–water partition coefficient (Wildman–Crippen LogP) is 0.881. The van der Waals surface area contributed by atoms with Crippen LogP contribution in [0.3, 0.4) is 0 Å². The summed E-state index contributed by atoms with van der Waals surface area (Å²) >= 11 is 5.88. The second-order valence-electron chi connectivity index (χ2n) is 2.62. The van der Waals surface area contributed by atoms with Crippen LogP contribution in [0.5, 0.6) is 0 Å². The summed E-state index contributed by atoms with van der Waals surface area (Å²) in [6.07, 6.45) is 0. The van der Waals surface area contributed by atoms with Gasteiger partial charge in [-0.2, -0.15) is 0 Å². The molecule has 0 aliphatic carbocycles. The van der Waals surface area contributed by atoms with E-state index in [2.05, 4.69) is 0 Å². The smallest absolute Gasteiger partial charge is 0.0455 e. The van der Waals surface area contributed by atoms with E-state index in [1.165, 1.54) is 0 Å². The molecule has 1 aromatic rings. The number of nitrogens with two attached hydrogens (primary N) is 3. The van der Waals surface area contributed by atoms with E-state index in [0.29, 0.717) is 17.3 Å². The van der Waals surface area contributed by atoms with Crippen LogP contribution < -0.4 is 17.2 Å². The molecule has 66 valence electrons. The van der Waals surface area contributed by atoms with Crippen molar-refractivity contribution in [1.82, 2.24) is 0 Å². The highest BCUT2D eigenvalue weighted by Crippen LogP contribution is 2.23. The number of halogens is 1. The van der Waals surface area contributed by atoms with Gasteiger partial charge in [0, 0.05) is 23.3 Å². The Labute approximate surface area is 76.5 Å². The average molecular weight is 186 g/mol. The van der Waals surface area contributed by atoms with Crippen LogP contribution in [0.2, 0.25) is 5.02 Å². The fraction of sp³-hybridized carbons (Fsp3) is 0.250. The van der Waals surface area contributed by atoms with Crippen LogP contribution in [0.1, 0.15) is 11.6 Å². The molecule has 3 nitrogen and oxygen atoms in total. The Bertz CT molecular complexity index is 275. The first-order valence-corrected chi connectivity index (χ1v) is 4.03. The number of nitrogen functional groups attached to an aromatic ring is 1. The molecule has 0 bridgehead atoms. The molecular weight excluding hydrogens is 174 g/mol. The minimum Gasteiger partial charge on any atom is -0.399 e. The number of benzene rings is 1. The van der Waals surface area contributed by atoms with Crippen molar-refractivity contribution in [3.05, 3.63) is 28.8 Å². The molecule has 0 aliphatic heterocycles. The van der Waals surface area contributed by atoms with E-state index in [9.17, 15) is 0 Å². The van der Waals surface area contributed by atoms with E-state index in [-0.39, 0.29) is 6.04 Å². The van der Waals surface area contributed by atoms with Gasteiger partial charge in [0.1, 0.15) is 0 Å². The molecule has 6 N–H and O–H groups in total. The van der Waals surface area contributed by atoms with Crippen molar-refractivity contribution < 1.29 is 0 Å². The van der Waals surface area contributed by atoms with Gasteiger partial charge in [0.05, 0.1) is 0 Å². The Morgan fingerprint density at radius 1 is 1.42 bits per heavy atom. The predicted molar refractivity (Wildman–Crippen MR) is 51.8 cm³/mol. The zero-order valence-electron chi connectivity index (χ0n) is 6.63. The molecule has 0 fully saturated rings. The lowest BCUT2D eigenvalue weighted by Crippen LogP contribution is -2.21. The van der Waals surface area contributed by atoms with Crippen LogP contribution in [0.15, 0.2) is 18.2 Å². The first kappa shape index (κ1) is 9.32. The highest BCUT2D eigenvalue weighted by molar-refractivity contribution is 6.31. The SMILES string of the molecule is NC[C@H](N)c1cc(N)ccc1Cl. The van der Waals surface area contributed by atoms with Gasteiger partial charge in [-0.05, 0) is 23.8 Å². The lowest BCUT2D eigenvalue weighted by Gasteiger charge is -2.11. The van der Waals surface area contributed by atoms with E-state index in [0.717, 1.165) is 5.56 Å². The number of rotatable bonds is 2. The van der Waals surface area contributed by atoms with Crippen molar-refractivity contribution in [2.75, 3.05) is 12.3 Å². The maximum Gasteiger partial charge on any atom is 0.0455 e. The maximum atomic E-state index is 5.88. The van der Waals surface area contributed by atoms with E-state index < -0.39 is 0 Å². The summed E-state index contributed by atoms with van der Waals surface area (Å²) in [5.41, 5.74) is 18.1. The Kier molecular flexibility index (Phi) is 2.92. The van der Waals surface area contributed by atoms with Gasteiger partial charge in [-0.1, -0.05) is 11.6 Å². The Morgan fingerprint density at radius 3 is 2.67 bits per heavy atom. The molecule has 0 radical (unpaired) electrons. The molecule has 0 aliphatic rings. The minimum absolute atomic E-state index is 0.235. The largest absolute Gasteiger partial charge is 0.399 e. The van der Waals surface area contributed by atoms with Crippen LogP contribution in [-0.4, -0.2) is 6.54 Å². The molecule has 1 rings (SSSR count). The lowest BCUT2D eigenvalue weighted by atomic mass is 10.1. The Morgan fingerprint density at radius 2 is 2.08 bits per heavy atom. The molecule has 1 aromatic carbocycles. The van der Waals surface area contributed by atoms with Crippen molar-refractivity contribution in [3.63, 3.8) is 0 Å². The summed E-state index contributed by atoms with van der Waals surface area (Å²) in [5.74, 6) is 0. The van der Waals surface area contributed by atoms with Gasteiger partial charge in [-0.3, -0.25) is 0 Å². The third kappa shape index (κ3) is 1.88. The summed E-state index contributed by atoms with van der Waals surface area (Å²) in [5, 5.41) is 0.613. The molecule has 0 amide bonds. The first-order chi connectivity index (χ1) is 5.65. The molecule has 4 heteroatoms. The standard InChI is InChI=1S/C8H12ClN3/c9-7-2-1-5(11)3-6(7)8(12)4-10/h1-3,8H,4,10-12H2/t8-/m0/s1. The Balaban J connectivity index is 3.04. The summed E-state index contributed by atoms with van der Waals surface area (Å²) in [4.78, 5) is 0. The molecule has 0 saturated carbocycles. The summed E-state index contributed by atoms with van der Waals surface area (Å²) < 4.78 is 0. The summed E-state index contributed by atoms with van der Waals surface area (Å²) in [7, 11) is 0. The molecular formula is C8H12ClN3. The Hall–Kier alpha value is -0.770. The molecule has 0 saturated heterocycles. The van der Waals surface area contributed by atoms with Crippen LogP contribution in [0, 0.1) is 0 Å². The number of anilines is 1. The fourth-order valence-corrected chi connectivity index (χ4v) is 1.23. The van der Waals surface area contributed by atoms with Gasteiger partial charge in [0.25, 0.3) is 0 Å². The third-order valence-electron chi connectivity index (χ3n) is 1.67. The highest BCUT2D eigenvalue weighted by atomic mass is 35.5. The van der Waals surface area contributed by atoms with Gasteiger partial charge >= 0.3 is 0 Å². The van der Waals surface area contributed by atoms with Crippen LogP contribution >= 0.6 is 11.6 Å². The van der Waals surface area contributed by atoms with Crippen molar-refractivity contribution in [1.29, 1.82) is 0 Å². The van der Waals surface area contributed by atoms with Crippen LogP contribution in [0.25, 0.3) is 0 Å². The molecule has 0 unspecified atom stereocenters. The van der Waals surface area contributed by atoms with Crippen molar-refractivity contribution >= 4 is 17.3 Å². The van der Waals surface area contributed by atoms with Gasteiger partial charge in [0.2, 0.25) is 0 Å². The summed E-state index contributed by atoms with van der Waals surface area (Å²) in [6, 6.07) is 4.97. The van der Waals surface area contributed by atoms with Gasteiger partial charge in [-0.25, -0.2) is 0 Å². The zero-order valence-corrected chi connectivity index (χ0v) is 7.38. The topological polar surface area (TPSA) is 78.1 Å². The minimum atomic E-state index is -0.235. The van der Waals surface area contributed by atoms with E-state index in [1.807, 2.05) is 0 Å². The number of hydrogen-bond acceptors (Lipinski definition) is 3. The fourth-order valence-electron chi connectivity index (χ4n) is 0.973. The van der Waals surface area contributed by atoms with Gasteiger partial charge < -0.3 is 17.2 Å². The van der Waals surface area contributed by atoms with Gasteiger partial charge in [0.15, 0.2) is 0 Å². The van der Waals surface area contributed by atoms with Crippen LogP contribution in [0.4, 0.5) is 5.69 Å². The first-order valence-electron chi connectivity index (χ1n) is 3.65. The van der Waals surface area contributed by atoms with E-state index in [4.69, 9.17) is 28.8 Å². The van der Waals surface area contributed by atoms with Crippen molar-refractivity contribution in [2.24, 2.45) is 11.5 Å². The molecule has 0 heterocycles. The lowest BCUT2D eigenvalue weighted by molar-refractivity contribution is 0.738. The number of hydrogen-bond donors (Lipinski definition) is 3. The second kappa shape index (κ2) is 3.76. The third-order valence-corrected chi connectivity index (χ3v) is 2.02. The monoisotopic (exact) mass is 185 g/mol. The molecule has 0 spiro atoms. The van der Waals surface area contributed by atoms with E-state index in [1.54, 1.807) is 18.2 Å². The quantitative estimate of drug-likeness (QED) is 0.599. The van der Waals surface area contributed by atoms with Gasteiger partial charge in [-0.15, -0.1) is 0 Å². The summed E-state index contributed by atoms with van der Waals surface area (Å²) in [6.45, 7) is 0.364. The second-order valence-corrected chi connectivity index (χ2v) is 3.03. The highest BCUT2D eigenvalue weighted by Gasteiger charge is 2.07. The molecule has 1 atom stereocenters. The molecule has 0 aromatic heterocycles.